The molecule has 0 spiro atoms. The first-order valence-corrected chi connectivity index (χ1v) is 13.6. The Morgan fingerprint density at radius 3 is 1.97 bits per heavy atom. The van der Waals surface area contributed by atoms with E-state index in [1.54, 1.807) is 0 Å². The van der Waals surface area contributed by atoms with E-state index in [1.807, 2.05) is 17.5 Å². The number of fused-ring (bicyclic) bond motifs is 2. The molecular formula is C34H30N2S. The Morgan fingerprint density at radius 1 is 0.703 bits per heavy atom. The van der Waals surface area contributed by atoms with Crippen molar-refractivity contribution in [3.05, 3.63) is 120 Å². The van der Waals surface area contributed by atoms with E-state index >= 15 is 0 Å². The molecule has 0 N–H and O–H groups in total. The molecule has 2 nitrogen and oxygen atoms in total. The second-order valence-corrected chi connectivity index (χ2v) is 11.6. The SMILES string of the molecule is Cc1c(N(c2ccccc2)c2ccccc2)sc2c(-c3cc(C(C)(C)C)c4ccccc4c3)nccc12. The van der Waals surface area contributed by atoms with Gasteiger partial charge in [0, 0.05) is 28.5 Å². The first-order valence-electron chi connectivity index (χ1n) is 12.7. The van der Waals surface area contributed by atoms with Gasteiger partial charge < -0.3 is 4.90 Å². The van der Waals surface area contributed by atoms with Crippen molar-refractivity contribution in [3.8, 4) is 11.3 Å². The van der Waals surface area contributed by atoms with Crippen LogP contribution in [-0.4, -0.2) is 4.98 Å². The molecular weight excluding hydrogens is 468 g/mol. The number of rotatable bonds is 4. The minimum Gasteiger partial charge on any atom is -0.302 e. The molecule has 37 heavy (non-hydrogen) atoms. The fraction of sp³-hybridized carbons (Fsp3) is 0.147. The van der Waals surface area contributed by atoms with Gasteiger partial charge in [-0.25, -0.2) is 0 Å². The maximum Gasteiger partial charge on any atom is 0.104 e. The molecule has 0 saturated heterocycles. The number of hydrogen-bond donors (Lipinski definition) is 0. The van der Waals surface area contributed by atoms with E-state index < -0.39 is 0 Å². The standard InChI is InChI=1S/C34H30N2S/c1-23-28-19-20-35-31(25-21-24-13-11-12-18-29(24)30(22-25)34(2,3)4)32(28)37-33(23)36(26-14-7-5-8-15-26)27-16-9-6-10-17-27/h5-22H,1-4H3. The minimum absolute atomic E-state index is 0.0253. The molecule has 0 fully saturated rings. The highest BCUT2D eigenvalue weighted by Gasteiger charge is 2.23. The fourth-order valence-electron chi connectivity index (χ4n) is 5.16. The van der Waals surface area contributed by atoms with E-state index in [-0.39, 0.29) is 5.41 Å². The van der Waals surface area contributed by atoms with Crippen LogP contribution < -0.4 is 4.90 Å². The number of anilines is 3. The maximum absolute atomic E-state index is 4.96. The highest BCUT2D eigenvalue weighted by atomic mass is 32.1. The zero-order valence-electron chi connectivity index (χ0n) is 21.7. The summed E-state index contributed by atoms with van der Waals surface area (Å²) >= 11 is 1.83. The number of para-hydroxylation sites is 2. The summed E-state index contributed by atoms with van der Waals surface area (Å²) in [6.07, 6.45) is 1.96. The zero-order chi connectivity index (χ0) is 25.6. The molecule has 0 unspecified atom stereocenters. The van der Waals surface area contributed by atoms with E-state index in [4.69, 9.17) is 4.98 Å². The molecule has 6 rings (SSSR count). The normalized spacial score (nSPS) is 11.8. The number of aryl methyl sites for hydroxylation is 1. The van der Waals surface area contributed by atoms with Crippen molar-refractivity contribution in [2.24, 2.45) is 0 Å². The van der Waals surface area contributed by atoms with Gasteiger partial charge in [-0.2, -0.15) is 0 Å². The Labute approximate surface area is 222 Å². The summed E-state index contributed by atoms with van der Waals surface area (Å²) in [6, 6.07) is 36.8. The molecule has 3 heteroatoms. The minimum atomic E-state index is 0.0253. The van der Waals surface area contributed by atoms with Crippen LogP contribution in [0.25, 0.3) is 32.1 Å². The highest BCUT2D eigenvalue weighted by Crippen LogP contribution is 2.47. The topological polar surface area (TPSA) is 16.1 Å². The Balaban J connectivity index is 1.60. The van der Waals surface area contributed by atoms with E-state index in [0.29, 0.717) is 0 Å². The number of aromatic nitrogens is 1. The summed E-state index contributed by atoms with van der Waals surface area (Å²) in [7, 11) is 0. The van der Waals surface area contributed by atoms with Crippen molar-refractivity contribution in [2.45, 2.75) is 33.1 Å². The van der Waals surface area contributed by atoms with Crippen molar-refractivity contribution in [1.29, 1.82) is 0 Å². The summed E-state index contributed by atoms with van der Waals surface area (Å²) in [4.78, 5) is 7.32. The van der Waals surface area contributed by atoms with Crippen molar-refractivity contribution in [3.63, 3.8) is 0 Å². The monoisotopic (exact) mass is 498 g/mol. The van der Waals surface area contributed by atoms with Crippen molar-refractivity contribution < 1.29 is 0 Å². The van der Waals surface area contributed by atoms with Crippen LogP contribution in [0.3, 0.4) is 0 Å². The van der Waals surface area contributed by atoms with Crippen LogP contribution in [0, 0.1) is 6.92 Å². The lowest BCUT2D eigenvalue weighted by Gasteiger charge is -2.24. The second-order valence-electron chi connectivity index (χ2n) is 10.6. The lowest BCUT2D eigenvalue weighted by molar-refractivity contribution is 0.596. The third kappa shape index (κ3) is 4.20. The number of pyridine rings is 1. The van der Waals surface area contributed by atoms with Gasteiger partial charge in [0.15, 0.2) is 0 Å². The van der Waals surface area contributed by atoms with Gasteiger partial charge in [0.25, 0.3) is 0 Å². The molecule has 6 aromatic rings. The van der Waals surface area contributed by atoms with E-state index in [1.165, 1.54) is 42.6 Å². The number of thiophene rings is 1. The lowest BCUT2D eigenvalue weighted by Crippen LogP contribution is -2.12. The summed E-state index contributed by atoms with van der Waals surface area (Å²) < 4.78 is 1.22. The Kier molecular flexibility index (Phi) is 5.81. The van der Waals surface area contributed by atoms with Gasteiger partial charge in [-0.1, -0.05) is 81.4 Å². The van der Waals surface area contributed by atoms with Gasteiger partial charge in [-0.05, 0) is 76.7 Å². The number of nitrogens with zero attached hydrogens (tertiary/aromatic N) is 2. The smallest absolute Gasteiger partial charge is 0.104 e. The first-order chi connectivity index (χ1) is 17.9. The molecule has 0 radical (unpaired) electrons. The van der Waals surface area contributed by atoms with Crippen LogP contribution >= 0.6 is 11.3 Å². The van der Waals surface area contributed by atoms with Crippen LogP contribution in [0.2, 0.25) is 0 Å². The molecule has 2 aromatic heterocycles. The van der Waals surface area contributed by atoms with Crippen molar-refractivity contribution >= 4 is 48.6 Å². The van der Waals surface area contributed by atoms with Gasteiger partial charge in [-0.3, -0.25) is 4.98 Å². The summed E-state index contributed by atoms with van der Waals surface area (Å²) in [5.74, 6) is 0. The molecule has 182 valence electrons. The Hall–Kier alpha value is -3.95. The largest absolute Gasteiger partial charge is 0.302 e. The van der Waals surface area contributed by atoms with Crippen LogP contribution in [-0.2, 0) is 5.41 Å². The molecule has 0 atom stereocenters. The van der Waals surface area contributed by atoms with Gasteiger partial charge in [-0.15, -0.1) is 11.3 Å². The zero-order valence-corrected chi connectivity index (χ0v) is 22.5. The molecule has 0 saturated carbocycles. The Morgan fingerprint density at radius 2 is 1.32 bits per heavy atom. The van der Waals surface area contributed by atoms with Crippen LogP contribution in [0.4, 0.5) is 16.4 Å². The average Bonchev–Trinajstić information content (AvgIpc) is 3.25. The maximum atomic E-state index is 4.96. The second kappa shape index (κ2) is 9.17. The van der Waals surface area contributed by atoms with Gasteiger partial charge in [0.2, 0.25) is 0 Å². The molecule has 0 bridgehead atoms. The van der Waals surface area contributed by atoms with E-state index in [0.717, 1.165) is 17.1 Å². The predicted molar refractivity (Wildman–Crippen MR) is 161 cm³/mol. The van der Waals surface area contributed by atoms with E-state index in [9.17, 15) is 0 Å². The molecule has 0 aliphatic heterocycles. The molecule has 2 heterocycles. The summed E-state index contributed by atoms with van der Waals surface area (Å²) in [5.41, 5.74) is 7.17. The van der Waals surface area contributed by atoms with Crippen LogP contribution in [0.15, 0.2) is 109 Å². The van der Waals surface area contributed by atoms with Gasteiger partial charge in [0.05, 0.1) is 10.4 Å². The predicted octanol–water partition coefficient (Wildman–Crippen LogP) is 10.2. The molecule has 0 aliphatic rings. The van der Waals surface area contributed by atoms with Gasteiger partial charge >= 0.3 is 0 Å². The third-order valence-electron chi connectivity index (χ3n) is 7.00. The quantitative estimate of drug-likeness (QED) is 0.240. The summed E-state index contributed by atoms with van der Waals surface area (Å²) in [5, 5.41) is 5.05. The summed E-state index contributed by atoms with van der Waals surface area (Å²) in [6.45, 7) is 9.10. The highest BCUT2D eigenvalue weighted by molar-refractivity contribution is 7.23. The van der Waals surface area contributed by atoms with Gasteiger partial charge in [0.1, 0.15) is 5.00 Å². The third-order valence-corrected chi connectivity index (χ3v) is 8.30. The van der Waals surface area contributed by atoms with Crippen LogP contribution in [0.5, 0.6) is 0 Å². The van der Waals surface area contributed by atoms with Crippen molar-refractivity contribution in [1.82, 2.24) is 4.98 Å². The average molecular weight is 499 g/mol. The fourth-order valence-corrected chi connectivity index (χ4v) is 6.52. The lowest BCUT2D eigenvalue weighted by atomic mass is 9.82. The molecule has 0 aliphatic carbocycles. The number of hydrogen-bond acceptors (Lipinski definition) is 3. The molecule has 0 amide bonds. The Bertz CT molecular complexity index is 1670. The number of benzene rings is 4. The van der Waals surface area contributed by atoms with E-state index in [2.05, 4.69) is 136 Å². The van der Waals surface area contributed by atoms with Crippen LogP contribution in [0.1, 0.15) is 31.9 Å². The first kappa shape index (κ1) is 23.4. The van der Waals surface area contributed by atoms with Crippen molar-refractivity contribution in [2.75, 3.05) is 4.90 Å². The molecule has 4 aromatic carbocycles.